The molecule has 0 spiro atoms. The number of ether oxygens (including phenoxy) is 1. The molecule has 0 aromatic heterocycles. The van der Waals surface area contributed by atoms with Crippen LogP contribution in [-0.4, -0.2) is 83.6 Å². The van der Waals surface area contributed by atoms with Gasteiger partial charge in [-0.05, 0) is 55.0 Å². The first kappa shape index (κ1) is 23.5. The fourth-order valence-corrected chi connectivity index (χ4v) is 6.22. The second-order valence-electron chi connectivity index (χ2n) is 10.8. The number of anilines is 1. The Bertz CT molecular complexity index is 1190. The van der Waals surface area contributed by atoms with Crippen molar-refractivity contribution in [3.63, 3.8) is 0 Å². The first-order chi connectivity index (χ1) is 17.4. The van der Waals surface area contributed by atoms with Crippen LogP contribution in [0.3, 0.4) is 0 Å². The molecule has 6 rings (SSSR count). The minimum Gasteiger partial charge on any atom is -0.491 e. The summed E-state index contributed by atoms with van der Waals surface area (Å²) >= 11 is 0. The molecule has 4 aliphatic rings. The number of nitrogens with zero attached hydrogens (tertiary/aromatic N) is 3. The van der Waals surface area contributed by atoms with Crippen LogP contribution in [0.2, 0.25) is 0 Å². The number of Topliss-reactive ketones (excluding diaryl/α,β-unsaturated/α-hetero) is 1. The molecular formula is C28H34N4O4. The van der Waals surface area contributed by atoms with Gasteiger partial charge in [0.15, 0.2) is 0 Å². The molecule has 190 valence electrons. The third-order valence-corrected chi connectivity index (χ3v) is 8.36. The Balaban J connectivity index is 1.09. The summed E-state index contributed by atoms with van der Waals surface area (Å²) < 4.78 is 5.88. The predicted octanol–water partition coefficient (Wildman–Crippen LogP) is 2.18. The van der Waals surface area contributed by atoms with Crippen molar-refractivity contribution in [3.05, 3.63) is 59.2 Å². The number of piperidine rings is 1. The van der Waals surface area contributed by atoms with Crippen molar-refractivity contribution < 1.29 is 19.4 Å². The van der Waals surface area contributed by atoms with Gasteiger partial charge in [0.1, 0.15) is 18.1 Å². The summed E-state index contributed by atoms with van der Waals surface area (Å²) in [4.78, 5) is 29.5. The van der Waals surface area contributed by atoms with E-state index in [9.17, 15) is 14.7 Å². The zero-order valence-electron chi connectivity index (χ0n) is 20.8. The third kappa shape index (κ3) is 4.38. The van der Waals surface area contributed by atoms with Gasteiger partial charge in [-0.25, -0.2) is 5.01 Å². The lowest BCUT2D eigenvalue weighted by Crippen LogP contribution is -2.44. The summed E-state index contributed by atoms with van der Waals surface area (Å²) in [6.45, 7) is 6.59. The van der Waals surface area contributed by atoms with E-state index in [1.54, 1.807) is 11.8 Å². The highest BCUT2D eigenvalue weighted by Gasteiger charge is 2.63. The van der Waals surface area contributed by atoms with Gasteiger partial charge in [0.2, 0.25) is 0 Å². The molecule has 1 saturated heterocycles. The number of carbonyl (C=O) groups excluding carboxylic acids is 2. The summed E-state index contributed by atoms with van der Waals surface area (Å²) in [5.41, 5.74) is 7.21. The first-order valence-electron chi connectivity index (χ1n) is 13.0. The molecule has 3 aliphatic heterocycles. The van der Waals surface area contributed by atoms with Crippen LogP contribution in [0.4, 0.5) is 5.69 Å². The number of ketones is 1. The molecule has 1 saturated carbocycles. The van der Waals surface area contributed by atoms with Gasteiger partial charge in [-0.3, -0.25) is 14.5 Å². The number of aliphatic hydroxyl groups excluding tert-OH is 1. The molecule has 3 heterocycles. The number of carbonyl (C=O) groups is 2. The zero-order valence-corrected chi connectivity index (χ0v) is 20.8. The molecule has 3 atom stereocenters. The second-order valence-corrected chi connectivity index (χ2v) is 10.8. The predicted molar refractivity (Wildman–Crippen MR) is 136 cm³/mol. The van der Waals surface area contributed by atoms with Crippen LogP contribution in [-0.2, 0) is 17.8 Å². The van der Waals surface area contributed by atoms with Crippen molar-refractivity contribution in [2.75, 3.05) is 51.3 Å². The van der Waals surface area contributed by atoms with Crippen molar-refractivity contribution in [1.82, 2.24) is 14.8 Å². The molecule has 0 bridgehead atoms. The maximum absolute atomic E-state index is 13.5. The number of benzene rings is 2. The van der Waals surface area contributed by atoms with Gasteiger partial charge in [0.25, 0.3) is 5.91 Å². The Kier molecular flexibility index (Phi) is 5.98. The number of amides is 1. The fourth-order valence-electron chi connectivity index (χ4n) is 6.22. The quantitative estimate of drug-likeness (QED) is 0.615. The third-order valence-electron chi connectivity index (χ3n) is 8.36. The summed E-state index contributed by atoms with van der Waals surface area (Å²) in [5, 5.41) is 13.0. The number of fused-ring (bicyclic) bond motifs is 3. The molecule has 2 N–H and O–H groups in total. The average molecular weight is 491 g/mol. The molecule has 3 unspecified atom stereocenters. The van der Waals surface area contributed by atoms with Crippen LogP contribution in [0.1, 0.15) is 34.8 Å². The smallest absolute Gasteiger partial charge is 0.257 e. The van der Waals surface area contributed by atoms with Gasteiger partial charge in [0, 0.05) is 44.7 Å². The number of hydrogen-bond donors (Lipinski definition) is 2. The van der Waals surface area contributed by atoms with Crippen LogP contribution in [0, 0.1) is 11.3 Å². The number of nitrogens with one attached hydrogen (secondary N) is 1. The summed E-state index contributed by atoms with van der Waals surface area (Å²) in [5.74, 6) is 1.14. The SMILES string of the molecule is CC(=O)C12CC1CN(Nc1ccc3c(c1)C(=O)N(CC(O)CN1CCc4ccccc4C1)CCO3)C2. The Hall–Kier alpha value is -2.94. The van der Waals surface area contributed by atoms with Gasteiger partial charge in [0.05, 0.1) is 23.9 Å². The highest BCUT2D eigenvalue weighted by molar-refractivity contribution is 5.98. The lowest BCUT2D eigenvalue weighted by molar-refractivity contribution is -0.122. The van der Waals surface area contributed by atoms with Crippen LogP contribution < -0.4 is 10.2 Å². The topological polar surface area (TPSA) is 85.4 Å². The zero-order chi connectivity index (χ0) is 24.9. The molecule has 0 radical (unpaired) electrons. The van der Waals surface area contributed by atoms with E-state index in [4.69, 9.17) is 4.74 Å². The minimum atomic E-state index is -0.638. The largest absolute Gasteiger partial charge is 0.491 e. The van der Waals surface area contributed by atoms with E-state index in [0.717, 1.165) is 38.2 Å². The number of aliphatic hydroxyl groups is 1. The molecular weight excluding hydrogens is 456 g/mol. The van der Waals surface area contributed by atoms with E-state index in [0.29, 0.717) is 43.5 Å². The van der Waals surface area contributed by atoms with Crippen LogP contribution in [0.15, 0.2) is 42.5 Å². The van der Waals surface area contributed by atoms with Crippen molar-refractivity contribution in [3.8, 4) is 5.75 Å². The standard InChI is InChI=1S/C28H34N4O4/c1-19(33)28-13-22(28)15-32(18-28)29-23-6-7-26-25(12-23)27(35)31(10-11-36-26)17-24(34)16-30-9-8-20-4-2-3-5-21(20)14-30/h2-7,12,22,24,29,34H,8-11,13-18H2,1H3. The average Bonchev–Trinajstić information content (AvgIpc) is 3.48. The van der Waals surface area contributed by atoms with E-state index in [1.807, 2.05) is 18.2 Å². The number of hydrazine groups is 1. The molecule has 8 nitrogen and oxygen atoms in total. The molecule has 36 heavy (non-hydrogen) atoms. The second kappa shape index (κ2) is 9.18. The summed E-state index contributed by atoms with van der Waals surface area (Å²) in [7, 11) is 0. The highest BCUT2D eigenvalue weighted by Crippen LogP contribution is 2.58. The molecule has 2 aromatic carbocycles. The molecule has 1 aliphatic carbocycles. The van der Waals surface area contributed by atoms with Crippen molar-refractivity contribution >= 4 is 17.4 Å². The molecule has 8 heteroatoms. The number of β-amino-alcohol motifs (C(OH)–C–C–N with tert-alkyl or cyclic N) is 1. The molecule has 1 amide bonds. The maximum Gasteiger partial charge on any atom is 0.257 e. The highest BCUT2D eigenvalue weighted by atomic mass is 16.5. The van der Waals surface area contributed by atoms with Crippen molar-refractivity contribution in [2.24, 2.45) is 11.3 Å². The Morgan fingerprint density at radius 3 is 2.83 bits per heavy atom. The van der Waals surface area contributed by atoms with Gasteiger partial charge < -0.3 is 20.2 Å². The van der Waals surface area contributed by atoms with E-state index in [-0.39, 0.29) is 23.7 Å². The minimum absolute atomic E-state index is 0.126. The first-order valence-corrected chi connectivity index (χ1v) is 13.0. The number of hydrogen-bond acceptors (Lipinski definition) is 7. The molecule has 2 aromatic rings. The Morgan fingerprint density at radius 1 is 1.19 bits per heavy atom. The van der Waals surface area contributed by atoms with E-state index in [2.05, 4.69) is 39.6 Å². The van der Waals surface area contributed by atoms with Gasteiger partial charge in [-0.1, -0.05) is 24.3 Å². The van der Waals surface area contributed by atoms with E-state index >= 15 is 0 Å². The summed E-state index contributed by atoms with van der Waals surface area (Å²) in [6.07, 6.45) is 1.33. The number of rotatable bonds is 7. The van der Waals surface area contributed by atoms with E-state index < -0.39 is 6.10 Å². The lowest BCUT2D eigenvalue weighted by atomic mass is 10.00. The monoisotopic (exact) mass is 490 g/mol. The van der Waals surface area contributed by atoms with Crippen LogP contribution in [0.25, 0.3) is 0 Å². The summed E-state index contributed by atoms with van der Waals surface area (Å²) in [6, 6.07) is 14.0. The van der Waals surface area contributed by atoms with Gasteiger partial charge in [-0.2, -0.15) is 0 Å². The lowest BCUT2D eigenvalue weighted by Gasteiger charge is -2.32. The van der Waals surface area contributed by atoms with Gasteiger partial charge >= 0.3 is 0 Å². The normalized spacial score (nSPS) is 26.3. The van der Waals surface area contributed by atoms with Gasteiger partial charge in [-0.15, -0.1) is 0 Å². The molecule has 2 fully saturated rings. The maximum atomic E-state index is 13.5. The van der Waals surface area contributed by atoms with Crippen molar-refractivity contribution in [1.29, 1.82) is 0 Å². The van der Waals surface area contributed by atoms with Crippen LogP contribution >= 0.6 is 0 Å². The Morgan fingerprint density at radius 2 is 2.03 bits per heavy atom. The Labute approximate surface area is 211 Å². The van der Waals surface area contributed by atoms with E-state index in [1.165, 1.54) is 11.1 Å². The van der Waals surface area contributed by atoms with Crippen LogP contribution in [0.5, 0.6) is 5.75 Å². The fraction of sp³-hybridized carbons (Fsp3) is 0.500. The van der Waals surface area contributed by atoms with Crippen molar-refractivity contribution in [2.45, 2.75) is 32.4 Å².